The predicted octanol–water partition coefficient (Wildman–Crippen LogP) is 4.59. The first-order valence-electron chi connectivity index (χ1n) is 7.82. The molecule has 3 rings (SSSR count). The van der Waals surface area contributed by atoms with Gasteiger partial charge in [-0.15, -0.1) is 0 Å². The highest BCUT2D eigenvalue weighted by atomic mass is 16.5. The van der Waals surface area contributed by atoms with Crippen LogP contribution in [0.4, 0.5) is 0 Å². The molecule has 0 fully saturated rings. The van der Waals surface area contributed by atoms with Crippen molar-refractivity contribution in [1.82, 2.24) is 0 Å². The maximum Gasteiger partial charge on any atom is 0.201 e. The van der Waals surface area contributed by atoms with Crippen molar-refractivity contribution >= 4 is 5.71 Å². The lowest BCUT2D eigenvalue weighted by Gasteiger charge is -2.32. The fourth-order valence-electron chi connectivity index (χ4n) is 4.24. The number of rotatable bonds is 2. The molecule has 114 valence electrons. The van der Waals surface area contributed by atoms with Crippen LogP contribution in [0, 0.1) is 10.6 Å². The Hall–Kier alpha value is -2.09. The van der Waals surface area contributed by atoms with Gasteiger partial charge in [-0.1, -0.05) is 48.5 Å². The molecule has 0 spiro atoms. The molecule has 0 aliphatic carbocycles. The Morgan fingerprint density at radius 3 is 1.86 bits per heavy atom. The second-order valence-corrected chi connectivity index (χ2v) is 7.23. The second-order valence-electron chi connectivity index (χ2n) is 7.23. The van der Waals surface area contributed by atoms with E-state index in [1.165, 1.54) is 10.3 Å². The summed E-state index contributed by atoms with van der Waals surface area (Å²) in [6.07, 6.45) is 0. The topological polar surface area (TPSA) is 26.1 Å². The molecule has 2 aromatic carbocycles. The van der Waals surface area contributed by atoms with E-state index in [-0.39, 0.29) is 11.3 Å². The summed E-state index contributed by atoms with van der Waals surface area (Å²) in [4.78, 5) is 0. The fraction of sp³-hybridized carbons (Fsp3) is 0.350. The Morgan fingerprint density at radius 2 is 1.32 bits per heavy atom. The molecule has 2 heteroatoms. The highest BCUT2D eigenvalue weighted by Gasteiger charge is 2.59. The average molecular weight is 293 g/mol. The standard InChI is InChI=1S/C20H23NO/c1-19(2)17(15-11-7-5-8-12-15)20(3,4)21(22)18(19)16-13-9-6-10-14-16/h5-14,17H,1-4H3/t17-/m0/s1. The minimum Gasteiger partial charge on any atom is -0.623 e. The van der Waals surface area contributed by atoms with Crippen molar-refractivity contribution in [2.45, 2.75) is 39.2 Å². The summed E-state index contributed by atoms with van der Waals surface area (Å²) in [6.45, 7) is 8.48. The van der Waals surface area contributed by atoms with Crippen LogP contribution in [0.15, 0.2) is 60.7 Å². The normalized spacial score (nSPS) is 22.8. The molecule has 1 heterocycles. The van der Waals surface area contributed by atoms with Gasteiger partial charge in [0.25, 0.3) is 0 Å². The van der Waals surface area contributed by atoms with Gasteiger partial charge in [0.1, 0.15) is 0 Å². The predicted molar refractivity (Wildman–Crippen MR) is 91.2 cm³/mol. The summed E-state index contributed by atoms with van der Waals surface area (Å²) in [5.74, 6) is 0.147. The van der Waals surface area contributed by atoms with Crippen LogP contribution in [0.2, 0.25) is 0 Å². The molecule has 0 N–H and O–H groups in total. The molecular formula is C20H23NO. The molecule has 1 aliphatic rings. The quantitative estimate of drug-likeness (QED) is 0.587. The molecule has 0 unspecified atom stereocenters. The average Bonchev–Trinajstić information content (AvgIpc) is 2.62. The first-order valence-corrected chi connectivity index (χ1v) is 7.82. The minimum absolute atomic E-state index is 0.147. The second kappa shape index (κ2) is 4.98. The summed E-state index contributed by atoms with van der Waals surface area (Å²) >= 11 is 0. The van der Waals surface area contributed by atoms with Gasteiger partial charge < -0.3 is 5.21 Å². The zero-order valence-corrected chi connectivity index (χ0v) is 13.7. The lowest BCUT2D eigenvalue weighted by molar-refractivity contribution is -0.534. The molecule has 2 aromatic rings. The van der Waals surface area contributed by atoms with Crippen LogP contribution in [0.1, 0.15) is 44.7 Å². The Morgan fingerprint density at radius 1 is 0.818 bits per heavy atom. The maximum atomic E-state index is 13.1. The van der Waals surface area contributed by atoms with Crippen LogP contribution in [-0.2, 0) is 0 Å². The molecule has 0 saturated heterocycles. The monoisotopic (exact) mass is 293 g/mol. The van der Waals surface area contributed by atoms with E-state index in [9.17, 15) is 5.21 Å². The lowest BCUT2D eigenvalue weighted by Crippen LogP contribution is -2.37. The van der Waals surface area contributed by atoms with Crippen molar-refractivity contribution in [3.05, 3.63) is 77.0 Å². The molecular weight excluding hydrogens is 270 g/mol. The molecule has 0 saturated carbocycles. The van der Waals surface area contributed by atoms with E-state index >= 15 is 0 Å². The van der Waals surface area contributed by atoms with Gasteiger partial charge in [0, 0.05) is 19.4 Å². The van der Waals surface area contributed by atoms with Crippen LogP contribution in [0.3, 0.4) is 0 Å². The van der Waals surface area contributed by atoms with E-state index < -0.39 is 5.54 Å². The van der Waals surface area contributed by atoms with Gasteiger partial charge in [0.05, 0.1) is 11.3 Å². The molecule has 2 nitrogen and oxygen atoms in total. The SMILES string of the molecule is CC1(C)C(c2ccccc2)=[N+]([O-])C(C)(C)[C@H]1c1ccccc1. The summed E-state index contributed by atoms with van der Waals surface area (Å²) in [5.41, 5.74) is 2.43. The van der Waals surface area contributed by atoms with E-state index in [2.05, 4.69) is 52.0 Å². The van der Waals surface area contributed by atoms with E-state index in [1.54, 1.807) is 0 Å². The smallest absolute Gasteiger partial charge is 0.201 e. The molecule has 0 radical (unpaired) electrons. The largest absolute Gasteiger partial charge is 0.623 e. The van der Waals surface area contributed by atoms with Crippen molar-refractivity contribution in [3.63, 3.8) is 0 Å². The summed E-state index contributed by atoms with van der Waals surface area (Å²) in [5, 5.41) is 13.1. The Balaban J connectivity index is 2.19. The van der Waals surface area contributed by atoms with Gasteiger partial charge in [0.2, 0.25) is 5.71 Å². The van der Waals surface area contributed by atoms with E-state index in [0.29, 0.717) is 0 Å². The van der Waals surface area contributed by atoms with Crippen molar-refractivity contribution < 1.29 is 4.74 Å². The van der Waals surface area contributed by atoms with Gasteiger partial charge in [0.15, 0.2) is 5.54 Å². The summed E-state index contributed by atoms with van der Waals surface area (Å²) in [6, 6.07) is 20.4. The van der Waals surface area contributed by atoms with Gasteiger partial charge >= 0.3 is 0 Å². The highest BCUT2D eigenvalue weighted by molar-refractivity contribution is 6.02. The summed E-state index contributed by atoms with van der Waals surface area (Å²) in [7, 11) is 0. The fourth-order valence-corrected chi connectivity index (χ4v) is 4.24. The molecule has 22 heavy (non-hydrogen) atoms. The van der Waals surface area contributed by atoms with Crippen molar-refractivity contribution in [1.29, 1.82) is 0 Å². The van der Waals surface area contributed by atoms with E-state index in [1.807, 2.05) is 36.4 Å². The molecule has 0 bridgehead atoms. The van der Waals surface area contributed by atoms with Crippen LogP contribution in [-0.4, -0.2) is 16.0 Å². The third-order valence-corrected chi connectivity index (χ3v) is 4.95. The molecule has 1 atom stereocenters. The number of benzene rings is 2. The molecule has 0 amide bonds. The number of hydroxylamine groups is 1. The van der Waals surface area contributed by atoms with Crippen molar-refractivity contribution in [3.8, 4) is 0 Å². The zero-order valence-electron chi connectivity index (χ0n) is 13.7. The number of hydrogen-bond acceptors (Lipinski definition) is 1. The van der Waals surface area contributed by atoms with E-state index in [4.69, 9.17) is 0 Å². The molecule has 1 aliphatic heterocycles. The highest BCUT2D eigenvalue weighted by Crippen LogP contribution is 2.51. The van der Waals surface area contributed by atoms with Crippen LogP contribution < -0.4 is 0 Å². The van der Waals surface area contributed by atoms with Crippen LogP contribution in [0.25, 0.3) is 0 Å². The Labute approximate surface area is 132 Å². The van der Waals surface area contributed by atoms with Gasteiger partial charge in [-0.25, -0.2) is 4.74 Å². The first kappa shape index (κ1) is 14.8. The zero-order chi connectivity index (χ0) is 16.0. The Kier molecular flexibility index (Phi) is 3.36. The number of nitrogens with zero attached hydrogens (tertiary/aromatic N) is 1. The maximum absolute atomic E-state index is 13.1. The lowest BCUT2D eigenvalue weighted by atomic mass is 9.66. The van der Waals surface area contributed by atoms with Crippen LogP contribution in [0.5, 0.6) is 0 Å². The minimum atomic E-state index is -0.476. The summed E-state index contributed by atoms with van der Waals surface area (Å²) < 4.78 is 1.24. The molecule has 0 aromatic heterocycles. The van der Waals surface area contributed by atoms with Crippen LogP contribution >= 0.6 is 0 Å². The van der Waals surface area contributed by atoms with E-state index in [0.717, 1.165) is 11.3 Å². The van der Waals surface area contributed by atoms with Gasteiger partial charge in [-0.3, -0.25) is 0 Å². The third-order valence-electron chi connectivity index (χ3n) is 4.95. The van der Waals surface area contributed by atoms with Crippen molar-refractivity contribution in [2.75, 3.05) is 0 Å². The van der Waals surface area contributed by atoms with Gasteiger partial charge in [-0.05, 0) is 31.5 Å². The third kappa shape index (κ3) is 2.06. The number of hydrogen-bond donors (Lipinski definition) is 0. The first-order chi connectivity index (χ1) is 10.4. The van der Waals surface area contributed by atoms with Gasteiger partial charge in [-0.2, -0.15) is 0 Å². The Bertz CT molecular complexity index is 699. The van der Waals surface area contributed by atoms with Crippen molar-refractivity contribution in [2.24, 2.45) is 5.41 Å².